The van der Waals surface area contributed by atoms with E-state index in [1.54, 1.807) is 33.5 Å². The number of ether oxygens (including phenoxy) is 3. The van der Waals surface area contributed by atoms with Crippen LogP contribution in [0.4, 0.5) is 11.7 Å². The van der Waals surface area contributed by atoms with E-state index in [1.165, 1.54) is 0 Å². The number of nitrogens with one attached hydrogen (secondary N) is 1. The quantitative estimate of drug-likeness (QED) is 0.742. The molecular weight excluding hydrogens is 310 g/mol. The predicted octanol–water partition coefficient (Wildman–Crippen LogP) is 3.51. The molecule has 3 rings (SSSR count). The molecule has 0 aliphatic rings. The Morgan fingerprint density at radius 1 is 0.833 bits per heavy atom. The molecule has 0 atom stereocenters. The summed E-state index contributed by atoms with van der Waals surface area (Å²) < 4.78 is 21.3. The molecule has 24 heavy (non-hydrogen) atoms. The third-order valence-electron chi connectivity index (χ3n) is 3.40. The number of benzene rings is 2. The second-order valence-corrected chi connectivity index (χ2v) is 4.84. The normalized spacial score (nSPS) is 10.3. The summed E-state index contributed by atoms with van der Waals surface area (Å²) in [6.45, 7) is 0. The SMILES string of the molecule is COc1ccc(Nc2nnc(-c3ccc(OC)c(OC)c3)o2)cc1. The summed E-state index contributed by atoms with van der Waals surface area (Å²) in [7, 11) is 4.78. The van der Waals surface area contributed by atoms with Gasteiger partial charge in [-0.3, -0.25) is 0 Å². The van der Waals surface area contributed by atoms with Gasteiger partial charge in [-0.2, -0.15) is 0 Å². The highest BCUT2D eigenvalue weighted by Crippen LogP contribution is 2.32. The lowest BCUT2D eigenvalue weighted by atomic mass is 10.2. The van der Waals surface area contributed by atoms with Gasteiger partial charge in [0.2, 0.25) is 5.89 Å². The van der Waals surface area contributed by atoms with Gasteiger partial charge in [0.15, 0.2) is 11.5 Å². The summed E-state index contributed by atoms with van der Waals surface area (Å²) in [5.74, 6) is 2.39. The Morgan fingerprint density at radius 2 is 1.58 bits per heavy atom. The van der Waals surface area contributed by atoms with Crippen LogP contribution in [0.2, 0.25) is 0 Å². The van der Waals surface area contributed by atoms with E-state index in [2.05, 4.69) is 15.5 Å². The summed E-state index contributed by atoms with van der Waals surface area (Å²) in [6, 6.07) is 13.1. The van der Waals surface area contributed by atoms with Crippen LogP contribution in [0.5, 0.6) is 17.2 Å². The molecule has 0 radical (unpaired) electrons. The second-order valence-electron chi connectivity index (χ2n) is 4.84. The predicted molar refractivity (Wildman–Crippen MR) is 89.1 cm³/mol. The zero-order valence-electron chi connectivity index (χ0n) is 13.6. The zero-order valence-corrected chi connectivity index (χ0v) is 13.6. The van der Waals surface area contributed by atoms with Crippen LogP contribution in [0.1, 0.15) is 0 Å². The van der Waals surface area contributed by atoms with Gasteiger partial charge in [0.05, 0.1) is 21.3 Å². The minimum absolute atomic E-state index is 0.296. The Balaban J connectivity index is 1.79. The Hall–Kier alpha value is -3.22. The van der Waals surface area contributed by atoms with Crippen LogP contribution >= 0.6 is 0 Å². The van der Waals surface area contributed by atoms with Gasteiger partial charge in [0.25, 0.3) is 0 Å². The van der Waals surface area contributed by atoms with Crippen molar-refractivity contribution < 1.29 is 18.6 Å². The number of methoxy groups -OCH3 is 3. The van der Waals surface area contributed by atoms with Crippen LogP contribution in [0.15, 0.2) is 46.9 Å². The molecule has 1 heterocycles. The molecule has 1 N–H and O–H groups in total. The van der Waals surface area contributed by atoms with E-state index >= 15 is 0 Å². The smallest absolute Gasteiger partial charge is 0.320 e. The van der Waals surface area contributed by atoms with Crippen molar-refractivity contribution in [2.75, 3.05) is 26.6 Å². The highest BCUT2D eigenvalue weighted by molar-refractivity contribution is 5.61. The van der Waals surface area contributed by atoms with E-state index in [1.807, 2.05) is 30.3 Å². The van der Waals surface area contributed by atoms with Crippen molar-refractivity contribution in [3.05, 3.63) is 42.5 Å². The summed E-state index contributed by atoms with van der Waals surface area (Å²) in [5, 5.41) is 11.1. The van der Waals surface area contributed by atoms with E-state index in [0.717, 1.165) is 17.0 Å². The molecule has 0 saturated heterocycles. The monoisotopic (exact) mass is 327 g/mol. The Bertz CT molecular complexity index is 815. The van der Waals surface area contributed by atoms with Gasteiger partial charge >= 0.3 is 6.01 Å². The molecule has 7 nitrogen and oxygen atoms in total. The van der Waals surface area contributed by atoms with E-state index < -0.39 is 0 Å². The van der Waals surface area contributed by atoms with Gasteiger partial charge in [0, 0.05) is 11.3 Å². The van der Waals surface area contributed by atoms with Crippen molar-refractivity contribution in [2.45, 2.75) is 0 Å². The van der Waals surface area contributed by atoms with Gasteiger partial charge in [0.1, 0.15) is 5.75 Å². The summed E-state index contributed by atoms with van der Waals surface area (Å²) in [5.41, 5.74) is 1.56. The lowest BCUT2D eigenvalue weighted by molar-refractivity contribution is 0.355. The highest BCUT2D eigenvalue weighted by Gasteiger charge is 2.12. The lowest BCUT2D eigenvalue weighted by Gasteiger charge is -2.07. The van der Waals surface area contributed by atoms with Crippen LogP contribution in [-0.2, 0) is 0 Å². The third-order valence-corrected chi connectivity index (χ3v) is 3.40. The van der Waals surface area contributed by atoms with Gasteiger partial charge in [-0.05, 0) is 42.5 Å². The van der Waals surface area contributed by atoms with Gasteiger partial charge in [-0.1, -0.05) is 5.10 Å². The van der Waals surface area contributed by atoms with E-state index in [0.29, 0.717) is 23.4 Å². The molecule has 1 aromatic heterocycles. The minimum Gasteiger partial charge on any atom is -0.497 e. The van der Waals surface area contributed by atoms with Gasteiger partial charge < -0.3 is 23.9 Å². The van der Waals surface area contributed by atoms with E-state index in [9.17, 15) is 0 Å². The summed E-state index contributed by atoms with van der Waals surface area (Å²) >= 11 is 0. The fourth-order valence-corrected chi connectivity index (χ4v) is 2.16. The maximum atomic E-state index is 5.64. The first-order valence-corrected chi connectivity index (χ1v) is 7.20. The molecule has 7 heteroatoms. The molecule has 0 amide bonds. The van der Waals surface area contributed by atoms with Gasteiger partial charge in [-0.15, -0.1) is 5.10 Å². The second kappa shape index (κ2) is 6.91. The van der Waals surface area contributed by atoms with Crippen molar-refractivity contribution in [3.8, 4) is 28.7 Å². The maximum Gasteiger partial charge on any atom is 0.320 e. The molecule has 2 aromatic carbocycles. The number of hydrogen-bond acceptors (Lipinski definition) is 7. The molecule has 0 aliphatic carbocycles. The summed E-state index contributed by atoms with van der Waals surface area (Å²) in [4.78, 5) is 0. The Morgan fingerprint density at radius 3 is 2.25 bits per heavy atom. The van der Waals surface area contributed by atoms with Crippen LogP contribution in [0.25, 0.3) is 11.5 Å². The van der Waals surface area contributed by atoms with Gasteiger partial charge in [-0.25, -0.2) is 0 Å². The highest BCUT2D eigenvalue weighted by atomic mass is 16.5. The number of anilines is 2. The maximum absolute atomic E-state index is 5.64. The van der Waals surface area contributed by atoms with Crippen molar-refractivity contribution >= 4 is 11.7 Å². The molecule has 124 valence electrons. The van der Waals surface area contributed by atoms with Crippen molar-refractivity contribution in [3.63, 3.8) is 0 Å². The number of rotatable bonds is 6. The molecule has 0 fully saturated rings. The number of hydrogen-bond donors (Lipinski definition) is 1. The molecule has 0 spiro atoms. The molecule has 0 unspecified atom stereocenters. The molecule has 0 aliphatic heterocycles. The van der Waals surface area contributed by atoms with E-state index in [-0.39, 0.29) is 0 Å². The summed E-state index contributed by atoms with van der Waals surface area (Å²) in [6.07, 6.45) is 0. The van der Waals surface area contributed by atoms with E-state index in [4.69, 9.17) is 18.6 Å². The average molecular weight is 327 g/mol. The number of nitrogens with zero attached hydrogens (tertiary/aromatic N) is 2. The third kappa shape index (κ3) is 3.24. The van der Waals surface area contributed by atoms with Crippen molar-refractivity contribution in [2.24, 2.45) is 0 Å². The number of aromatic nitrogens is 2. The lowest BCUT2D eigenvalue weighted by Crippen LogP contribution is -1.90. The van der Waals surface area contributed by atoms with Crippen LogP contribution < -0.4 is 19.5 Å². The zero-order chi connectivity index (χ0) is 16.9. The first-order chi connectivity index (χ1) is 11.7. The topological polar surface area (TPSA) is 78.6 Å². The molecule has 0 bridgehead atoms. The molecule has 3 aromatic rings. The Labute approximate surface area is 139 Å². The first-order valence-electron chi connectivity index (χ1n) is 7.20. The van der Waals surface area contributed by atoms with Crippen LogP contribution in [-0.4, -0.2) is 31.5 Å². The fourth-order valence-electron chi connectivity index (χ4n) is 2.16. The molecule has 0 saturated carbocycles. The average Bonchev–Trinajstić information content (AvgIpc) is 3.10. The van der Waals surface area contributed by atoms with Crippen LogP contribution in [0, 0.1) is 0 Å². The minimum atomic E-state index is 0.296. The fraction of sp³-hybridized carbons (Fsp3) is 0.176. The standard InChI is InChI=1S/C17H17N3O4/c1-21-13-7-5-12(6-8-13)18-17-20-19-16(24-17)11-4-9-14(22-2)15(10-11)23-3/h4-10H,1-3H3,(H,18,20). The van der Waals surface area contributed by atoms with Crippen LogP contribution in [0.3, 0.4) is 0 Å². The first kappa shape index (κ1) is 15.7. The Kier molecular flexibility index (Phi) is 4.51. The van der Waals surface area contributed by atoms with Crippen molar-refractivity contribution in [1.82, 2.24) is 10.2 Å². The van der Waals surface area contributed by atoms with Crippen molar-refractivity contribution in [1.29, 1.82) is 0 Å². The largest absolute Gasteiger partial charge is 0.497 e. The molecular formula is C17H17N3O4.